The molecule has 0 aliphatic carbocycles. The molecule has 0 saturated carbocycles. The largest absolute Gasteiger partial charge is 0.505 e. The van der Waals surface area contributed by atoms with Crippen molar-refractivity contribution in [3.63, 3.8) is 0 Å². The summed E-state index contributed by atoms with van der Waals surface area (Å²) in [7, 11) is -4.36. The molecule has 13 heteroatoms. The van der Waals surface area contributed by atoms with E-state index in [1.165, 1.54) is 31.2 Å². The fourth-order valence-electron chi connectivity index (χ4n) is 3.67. The Kier molecular flexibility index (Phi) is 5.42. The Balaban J connectivity index is 1.82. The predicted molar refractivity (Wildman–Crippen MR) is 122 cm³/mol. The molecule has 4 rings (SSSR count). The number of benzene rings is 2. The number of hydrogen-bond acceptors (Lipinski definition) is 9. The molecular weight excluding hydrogens is 470 g/mol. The molecule has 0 fully saturated rings. The highest BCUT2D eigenvalue weighted by molar-refractivity contribution is 7.85. The maximum Gasteiger partial charge on any atom is 0.294 e. The van der Waals surface area contributed by atoms with Crippen molar-refractivity contribution < 1.29 is 27.7 Å². The number of carbonyl (C=O) groups is 2. The number of azo groups is 1. The van der Waals surface area contributed by atoms with Gasteiger partial charge in [-0.15, -0.1) is 10.2 Å². The van der Waals surface area contributed by atoms with Gasteiger partial charge in [0.2, 0.25) is 16.9 Å². The van der Waals surface area contributed by atoms with Crippen molar-refractivity contribution in [1.29, 1.82) is 0 Å². The quantitative estimate of drug-likeness (QED) is 0.241. The van der Waals surface area contributed by atoms with Crippen LogP contribution < -0.4 is 10.6 Å². The molecule has 0 saturated heterocycles. The number of thiazole rings is 1. The first kappa shape index (κ1) is 22.8. The second-order valence-electron chi connectivity index (χ2n) is 8.13. The van der Waals surface area contributed by atoms with E-state index >= 15 is 0 Å². The summed E-state index contributed by atoms with van der Waals surface area (Å²) in [6.07, 6.45) is 0.127. The Morgan fingerprint density at radius 1 is 1.27 bits per heavy atom. The minimum atomic E-state index is -4.36. The zero-order valence-corrected chi connectivity index (χ0v) is 19.3. The van der Waals surface area contributed by atoms with Crippen molar-refractivity contribution in [3.05, 3.63) is 29.8 Å². The molecule has 1 aromatic heterocycles. The normalized spacial score (nSPS) is 15.5. The van der Waals surface area contributed by atoms with Crippen molar-refractivity contribution in [3.8, 4) is 5.75 Å². The van der Waals surface area contributed by atoms with Crippen LogP contribution in [0, 0.1) is 0 Å². The first-order valence-electron chi connectivity index (χ1n) is 9.63. The molecule has 2 amide bonds. The lowest BCUT2D eigenvalue weighted by Crippen LogP contribution is -2.32. The summed E-state index contributed by atoms with van der Waals surface area (Å²) in [6, 6.07) is 5.34. The van der Waals surface area contributed by atoms with Crippen LogP contribution in [0.15, 0.2) is 39.4 Å². The first-order valence-corrected chi connectivity index (χ1v) is 11.9. The third-order valence-corrected chi connectivity index (χ3v) is 6.78. The van der Waals surface area contributed by atoms with Crippen LogP contribution >= 0.6 is 11.3 Å². The molecule has 3 aromatic rings. The zero-order chi connectivity index (χ0) is 24.1. The van der Waals surface area contributed by atoms with Crippen LogP contribution in [0.2, 0.25) is 0 Å². The fourth-order valence-corrected chi connectivity index (χ4v) is 5.08. The van der Waals surface area contributed by atoms with Gasteiger partial charge in [-0.2, -0.15) is 8.42 Å². The highest BCUT2D eigenvalue weighted by atomic mass is 32.2. The molecule has 0 spiro atoms. The van der Waals surface area contributed by atoms with E-state index in [0.29, 0.717) is 15.8 Å². The van der Waals surface area contributed by atoms with Gasteiger partial charge in [0, 0.05) is 24.3 Å². The predicted octanol–water partition coefficient (Wildman–Crippen LogP) is 4.24. The van der Waals surface area contributed by atoms with Crippen LogP contribution in [-0.2, 0) is 25.1 Å². The van der Waals surface area contributed by atoms with Gasteiger partial charge >= 0.3 is 0 Å². The number of amides is 2. The van der Waals surface area contributed by atoms with Crippen LogP contribution in [0.5, 0.6) is 5.75 Å². The number of aromatic nitrogens is 1. The van der Waals surface area contributed by atoms with Gasteiger partial charge in [-0.3, -0.25) is 14.1 Å². The van der Waals surface area contributed by atoms with Crippen molar-refractivity contribution in [2.75, 3.05) is 10.6 Å². The molecular formula is C20H19N5O6S2. The van der Waals surface area contributed by atoms with Gasteiger partial charge in [-0.05, 0) is 24.3 Å². The van der Waals surface area contributed by atoms with Gasteiger partial charge in [-0.1, -0.05) is 25.2 Å². The molecule has 0 atom stereocenters. The number of anilines is 2. The Morgan fingerprint density at radius 3 is 2.67 bits per heavy atom. The lowest BCUT2D eigenvalue weighted by Gasteiger charge is -2.33. The minimum absolute atomic E-state index is 0.126. The van der Waals surface area contributed by atoms with Crippen LogP contribution in [0.4, 0.5) is 22.2 Å². The van der Waals surface area contributed by atoms with Gasteiger partial charge in [0.25, 0.3) is 10.1 Å². The number of phenols is 1. The van der Waals surface area contributed by atoms with Crippen molar-refractivity contribution in [2.24, 2.45) is 10.2 Å². The van der Waals surface area contributed by atoms with E-state index < -0.39 is 21.4 Å². The second-order valence-corrected chi connectivity index (χ2v) is 10.6. The van der Waals surface area contributed by atoms with Crippen molar-refractivity contribution >= 4 is 65.7 Å². The summed E-state index contributed by atoms with van der Waals surface area (Å²) in [5.74, 6) is -0.818. The van der Waals surface area contributed by atoms with Gasteiger partial charge < -0.3 is 15.7 Å². The third kappa shape index (κ3) is 4.42. The number of rotatable bonds is 4. The van der Waals surface area contributed by atoms with E-state index in [4.69, 9.17) is 0 Å². The van der Waals surface area contributed by atoms with Gasteiger partial charge in [0.15, 0.2) is 0 Å². The minimum Gasteiger partial charge on any atom is -0.505 e. The number of fused-ring (bicyclic) bond motifs is 2. The van der Waals surface area contributed by atoms with E-state index in [-0.39, 0.29) is 45.2 Å². The Labute approximate surface area is 192 Å². The molecule has 0 unspecified atom stereocenters. The lowest BCUT2D eigenvalue weighted by molar-refractivity contribution is -0.117. The second kappa shape index (κ2) is 7.86. The molecule has 4 N–H and O–H groups in total. The highest BCUT2D eigenvalue weighted by Gasteiger charge is 2.37. The van der Waals surface area contributed by atoms with Gasteiger partial charge in [0.05, 0.1) is 26.5 Å². The molecule has 0 bridgehead atoms. The maximum absolute atomic E-state index is 12.3. The number of carbonyl (C=O) groups excluding carboxylic acids is 2. The lowest BCUT2D eigenvalue weighted by atomic mass is 9.76. The van der Waals surface area contributed by atoms with Crippen LogP contribution in [0.1, 0.15) is 32.8 Å². The molecule has 11 nitrogen and oxygen atoms in total. The van der Waals surface area contributed by atoms with Gasteiger partial charge in [-0.25, -0.2) is 4.98 Å². The Bertz CT molecular complexity index is 1460. The molecule has 2 heterocycles. The monoisotopic (exact) mass is 489 g/mol. The van der Waals surface area contributed by atoms with E-state index in [0.717, 1.165) is 11.3 Å². The van der Waals surface area contributed by atoms with Crippen LogP contribution in [0.25, 0.3) is 10.2 Å². The zero-order valence-electron chi connectivity index (χ0n) is 17.7. The van der Waals surface area contributed by atoms with Crippen LogP contribution in [0.3, 0.4) is 0 Å². The molecule has 1 aliphatic rings. The average Bonchev–Trinajstić information content (AvgIpc) is 3.09. The SMILES string of the molecule is CC(=O)Nc1cc(N=Nc2nc3ccc(S(=O)(=O)O)cc3s2)c2c(c1O)C(C)(C)CC(=O)N2. The number of nitrogens with zero attached hydrogens (tertiary/aromatic N) is 3. The van der Waals surface area contributed by atoms with Crippen LogP contribution in [-0.4, -0.2) is 34.9 Å². The Morgan fingerprint density at radius 2 is 2.00 bits per heavy atom. The summed E-state index contributed by atoms with van der Waals surface area (Å²) < 4.78 is 32.4. The van der Waals surface area contributed by atoms with Crippen molar-refractivity contribution in [2.45, 2.75) is 37.5 Å². The Hall–Kier alpha value is -3.42. The standard InChI is InChI=1S/C20H19N5O6S2/c1-9(26)21-13-7-12(17-16(18(13)28)20(2,3)8-15(27)23-17)24-25-19-22-11-5-4-10(33(29,30)31)6-14(11)32-19/h4-7,28H,8H2,1-3H3,(H,21,26)(H,23,27)(H,29,30,31). The topological polar surface area (TPSA) is 170 Å². The molecule has 1 aliphatic heterocycles. The third-order valence-electron chi connectivity index (χ3n) is 5.02. The first-order chi connectivity index (χ1) is 15.3. The number of aromatic hydroxyl groups is 1. The number of phenolic OH excluding ortho intramolecular Hbond substituents is 1. The molecule has 0 radical (unpaired) electrons. The fraction of sp³-hybridized carbons (Fsp3) is 0.250. The summed E-state index contributed by atoms with van der Waals surface area (Å²) in [5.41, 5.74) is 0.753. The van der Waals surface area contributed by atoms with E-state index in [2.05, 4.69) is 25.8 Å². The van der Waals surface area contributed by atoms with E-state index in [1.54, 1.807) is 13.8 Å². The summed E-state index contributed by atoms with van der Waals surface area (Å²) in [5, 5.41) is 24.6. The average molecular weight is 490 g/mol. The summed E-state index contributed by atoms with van der Waals surface area (Å²) in [6.45, 7) is 4.89. The maximum atomic E-state index is 12.3. The summed E-state index contributed by atoms with van der Waals surface area (Å²) in [4.78, 5) is 27.9. The number of nitrogens with one attached hydrogen (secondary N) is 2. The highest BCUT2D eigenvalue weighted by Crippen LogP contribution is 2.50. The smallest absolute Gasteiger partial charge is 0.294 e. The summed E-state index contributed by atoms with van der Waals surface area (Å²) >= 11 is 1.05. The van der Waals surface area contributed by atoms with Crippen molar-refractivity contribution in [1.82, 2.24) is 4.98 Å². The number of hydrogen-bond donors (Lipinski definition) is 4. The molecule has 33 heavy (non-hydrogen) atoms. The molecule has 172 valence electrons. The van der Waals surface area contributed by atoms with Gasteiger partial charge in [0.1, 0.15) is 11.4 Å². The molecule has 2 aromatic carbocycles. The van der Waals surface area contributed by atoms with E-state index in [1.807, 2.05) is 0 Å². The van der Waals surface area contributed by atoms with E-state index in [9.17, 15) is 27.7 Å².